The van der Waals surface area contributed by atoms with Crippen LogP contribution in [0.1, 0.15) is 23.5 Å². The molecule has 2 heteroatoms. The van der Waals surface area contributed by atoms with Crippen molar-refractivity contribution in [3.8, 4) is 0 Å². The van der Waals surface area contributed by atoms with Gasteiger partial charge in [-0.3, -0.25) is 0 Å². The summed E-state index contributed by atoms with van der Waals surface area (Å²) in [5, 5.41) is 9.68. The van der Waals surface area contributed by atoms with E-state index in [-0.39, 0.29) is 12.0 Å². The van der Waals surface area contributed by atoms with Gasteiger partial charge in [0.2, 0.25) is 0 Å². The Hall–Kier alpha value is -1.15. The average molecular weight is 176 g/mol. The molecule has 0 radical (unpaired) electrons. The Morgan fingerprint density at radius 2 is 2.23 bits per heavy atom. The lowest BCUT2D eigenvalue weighted by Crippen LogP contribution is -2.13. The quantitative estimate of drug-likeness (QED) is 0.689. The monoisotopic (exact) mass is 176 g/mol. The number of carbonyl (C=O) groups is 1. The van der Waals surface area contributed by atoms with Gasteiger partial charge in [-0.05, 0) is 17.5 Å². The highest BCUT2D eigenvalue weighted by atomic mass is 16.3. The van der Waals surface area contributed by atoms with Crippen molar-refractivity contribution in [2.24, 2.45) is 0 Å². The van der Waals surface area contributed by atoms with Crippen molar-refractivity contribution in [1.29, 1.82) is 0 Å². The third-order valence-corrected chi connectivity index (χ3v) is 2.70. The number of carbonyl (C=O) groups excluding carboxylic acids is 1. The average Bonchev–Trinajstić information content (AvgIpc) is 2.44. The molecule has 2 nitrogen and oxygen atoms in total. The highest BCUT2D eigenvalue weighted by Gasteiger charge is 2.29. The van der Waals surface area contributed by atoms with Crippen molar-refractivity contribution in [3.63, 3.8) is 0 Å². The Bertz CT molecular complexity index is 320. The molecule has 1 aromatic rings. The largest absolute Gasteiger partial charge is 0.392 e. The van der Waals surface area contributed by atoms with Crippen molar-refractivity contribution in [2.45, 2.75) is 24.9 Å². The van der Waals surface area contributed by atoms with Gasteiger partial charge in [-0.15, -0.1) is 0 Å². The summed E-state index contributed by atoms with van der Waals surface area (Å²) in [5.74, 6) is 0.0219. The van der Waals surface area contributed by atoms with E-state index in [4.69, 9.17) is 0 Å². The van der Waals surface area contributed by atoms with Gasteiger partial charge in [-0.2, -0.15) is 0 Å². The van der Waals surface area contributed by atoms with Gasteiger partial charge in [0.1, 0.15) is 6.29 Å². The van der Waals surface area contributed by atoms with Gasteiger partial charge in [0.25, 0.3) is 0 Å². The van der Waals surface area contributed by atoms with Crippen LogP contribution in [0.3, 0.4) is 0 Å². The van der Waals surface area contributed by atoms with Gasteiger partial charge in [0.15, 0.2) is 0 Å². The van der Waals surface area contributed by atoms with Crippen LogP contribution in [0.4, 0.5) is 0 Å². The normalized spacial score (nSPS) is 25.6. The zero-order chi connectivity index (χ0) is 9.26. The Labute approximate surface area is 77.2 Å². The first kappa shape index (κ1) is 8.45. The molecule has 13 heavy (non-hydrogen) atoms. The summed E-state index contributed by atoms with van der Waals surface area (Å²) in [6.07, 6.45) is 1.63. The molecule has 0 aromatic heterocycles. The Morgan fingerprint density at radius 3 is 3.00 bits per heavy atom. The fourth-order valence-corrected chi connectivity index (χ4v) is 2.04. The molecule has 0 unspecified atom stereocenters. The molecule has 0 saturated heterocycles. The Kier molecular flexibility index (Phi) is 2.15. The third kappa shape index (κ3) is 1.38. The Morgan fingerprint density at radius 1 is 1.46 bits per heavy atom. The summed E-state index contributed by atoms with van der Waals surface area (Å²) >= 11 is 0. The molecule has 2 rings (SSSR count). The van der Waals surface area contributed by atoms with Crippen LogP contribution in [0.5, 0.6) is 0 Å². The molecule has 0 heterocycles. The van der Waals surface area contributed by atoms with Crippen molar-refractivity contribution in [3.05, 3.63) is 35.4 Å². The van der Waals surface area contributed by atoms with E-state index in [0.717, 1.165) is 11.8 Å². The zero-order valence-electron chi connectivity index (χ0n) is 7.31. The van der Waals surface area contributed by atoms with Gasteiger partial charge in [0.05, 0.1) is 6.10 Å². The summed E-state index contributed by atoms with van der Waals surface area (Å²) < 4.78 is 0. The van der Waals surface area contributed by atoms with Crippen LogP contribution < -0.4 is 0 Å². The number of aldehydes is 1. The first-order chi connectivity index (χ1) is 6.33. The molecule has 1 aliphatic rings. The summed E-state index contributed by atoms with van der Waals surface area (Å²) in [7, 11) is 0. The van der Waals surface area contributed by atoms with E-state index in [1.54, 1.807) is 0 Å². The van der Waals surface area contributed by atoms with Crippen LogP contribution >= 0.6 is 0 Å². The molecule has 0 spiro atoms. The molecular weight excluding hydrogens is 164 g/mol. The van der Waals surface area contributed by atoms with Crippen LogP contribution in [0.25, 0.3) is 0 Å². The molecule has 0 saturated carbocycles. The molecule has 0 fully saturated rings. The fourth-order valence-electron chi connectivity index (χ4n) is 2.04. The number of aliphatic hydroxyl groups is 1. The molecule has 68 valence electrons. The number of fused-ring (bicyclic) bond motifs is 1. The lowest BCUT2D eigenvalue weighted by Gasteiger charge is -2.11. The van der Waals surface area contributed by atoms with Crippen LogP contribution in [-0.2, 0) is 11.2 Å². The summed E-state index contributed by atoms with van der Waals surface area (Å²) in [6, 6.07) is 7.94. The van der Waals surface area contributed by atoms with Gasteiger partial charge in [-0.1, -0.05) is 24.3 Å². The minimum absolute atomic E-state index is 0.0219. The summed E-state index contributed by atoms with van der Waals surface area (Å²) in [4.78, 5) is 10.4. The summed E-state index contributed by atoms with van der Waals surface area (Å²) in [6.45, 7) is 0. The summed E-state index contributed by atoms with van der Waals surface area (Å²) in [5.41, 5.74) is 2.32. The first-order valence-electron chi connectivity index (χ1n) is 4.52. The van der Waals surface area contributed by atoms with Crippen LogP contribution in [0, 0.1) is 0 Å². The van der Waals surface area contributed by atoms with E-state index in [2.05, 4.69) is 0 Å². The van der Waals surface area contributed by atoms with E-state index < -0.39 is 0 Å². The topological polar surface area (TPSA) is 37.3 Å². The van der Waals surface area contributed by atoms with Gasteiger partial charge >= 0.3 is 0 Å². The van der Waals surface area contributed by atoms with Gasteiger partial charge < -0.3 is 9.90 Å². The SMILES string of the molecule is O=CC[C@H]1c2ccccc2C[C@H]1O. The second-order valence-corrected chi connectivity index (χ2v) is 3.48. The van der Waals surface area contributed by atoms with Crippen LogP contribution in [0.2, 0.25) is 0 Å². The maximum Gasteiger partial charge on any atom is 0.120 e. The highest BCUT2D eigenvalue weighted by molar-refractivity contribution is 5.53. The van der Waals surface area contributed by atoms with Gasteiger partial charge in [-0.25, -0.2) is 0 Å². The number of aliphatic hydroxyl groups excluding tert-OH is 1. The number of hydrogen-bond donors (Lipinski definition) is 1. The standard InChI is InChI=1S/C11H12O2/c12-6-5-10-9-4-2-1-3-8(9)7-11(10)13/h1-4,6,10-11,13H,5,7H2/t10-,11+/m0/s1. The number of hydrogen-bond acceptors (Lipinski definition) is 2. The lowest BCUT2D eigenvalue weighted by molar-refractivity contribution is -0.108. The maximum atomic E-state index is 10.4. The van der Waals surface area contributed by atoms with Crippen molar-refractivity contribution < 1.29 is 9.90 Å². The van der Waals surface area contributed by atoms with E-state index in [1.165, 1.54) is 5.56 Å². The minimum Gasteiger partial charge on any atom is -0.392 e. The minimum atomic E-state index is -0.373. The van der Waals surface area contributed by atoms with Gasteiger partial charge in [0, 0.05) is 12.3 Å². The molecule has 1 N–H and O–H groups in total. The second-order valence-electron chi connectivity index (χ2n) is 3.48. The maximum absolute atomic E-state index is 10.4. The second kappa shape index (κ2) is 3.30. The van der Waals surface area contributed by atoms with E-state index >= 15 is 0 Å². The molecular formula is C11H12O2. The molecule has 2 atom stereocenters. The van der Waals surface area contributed by atoms with Crippen molar-refractivity contribution in [2.75, 3.05) is 0 Å². The van der Waals surface area contributed by atoms with Crippen molar-refractivity contribution >= 4 is 6.29 Å². The van der Waals surface area contributed by atoms with E-state index in [9.17, 15) is 9.90 Å². The predicted molar refractivity (Wildman–Crippen MR) is 49.6 cm³/mol. The molecule has 0 amide bonds. The van der Waals surface area contributed by atoms with E-state index in [1.807, 2.05) is 24.3 Å². The predicted octanol–water partition coefficient (Wildman–Crippen LogP) is 1.28. The zero-order valence-corrected chi connectivity index (χ0v) is 7.31. The first-order valence-corrected chi connectivity index (χ1v) is 4.52. The molecule has 1 aromatic carbocycles. The number of rotatable bonds is 2. The van der Waals surface area contributed by atoms with Crippen molar-refractivity contribution in [1.82, 2.24) is 0 Å². The number of benzene rings is 1. The third-order valence-electron chi connectivity index (χ3n) is 2.70. The Balaban J connectivity index is 2.34. The van der Waals surface area contributed by atoms with Crippen LogP contribution in [-0.4, -0.2) is 17.5 Å². The smallest absolute Gasteiger partial charge is 0.120 e. The van der Waals surface area contributed by atoms with Crippen LogP contribution in [0.15, 0.2) is 24.3 Å². The highest BCUT2D eigenvalue weighted by Crippen LogP contribution is 2.34. The molecule has 1 aliphatic carbocycles. The molecule has 0 bridgehead atoms. The molecule has 0 aliphatic heterocycles. The van der Waals surface area contributed by atoms with E-state index in [0.29, 0.717) is 12.8 Å². The lowest BCUT2D eigenvalue weighted by atomic mass is 9.97. The fraction of sp³-hybridized carbons (Fsp3) is 0.364.